The summed E-state index contributed by atoms with van der Waals surface area (Å²) in [4.78, 5) is 11.7. The van der Waals surface area contributed by atoms with Crippen LogP contribution >= 0.6 is 7.82 Å². The molecule has 1 N–H and O–H groups in total. The molecule has 0 aromatic rings. The van der Waals surface area contributed by atoms with Gasteiger partial charge in [-0.3, -0.25) is 4.57 Å². The van der Waals surface area contributed by atoms with Crippen LogP contribution < -0.4 is 4.89 Å². The number of unbranched alkanes of at least 4 members (excludes halogenated alkanes) is 10. The van der Waals surface area contributed by atoms with Gasteiger partial charge in [0.15, 0.2) is 0 Å². The summed E-state index contributed by atoms with van der Waals surface area (Å²) < 4.78 is 27.2. The molecule has 32 heavy (non-hydrogen) atoms. The molecule has 0 heterocycles. The zero-order valence-corrected chi connectivity index (χ0v) is 22.0. The van der Waals surface area contributed by atoms with Crippen molar-refractivity contribution in [3.05, 3.63) is 12.2 Å². The summed E-state index contributed by atoms with van der Waals surface area (Å²) in [6, 6.07) is 0. The topological polar surface area (TPSA) is 88.0 Å². The van der Waals surface area contributed by atoms with E-state index in [2.05, 4.69) is 19.1 Å². The molecule has 7 nitrogen and oxygen atoms in total. The number of allylic oxidation sites excluding steroid dienone is 2. The molecular weight excluding hydrogens is 429 g/mol. The Hall–Kier alpha value is -0.270. The Balaban J connectivity index is 3.49. The van der Waals surface area contributed by atoms with Crippen molar-refractivity contribution in [3.63, 3.8) is 0 Å². The lowest BCUT2D eigenvalue weighted by atomic mass is 10.1. The molecule has 0 spiro atoms. The molecule has 0 saturated heterocycles. The van der Waals surface area contributed by atoms with E-state index in [1.54, 1.807) is 0 Å². The Morgan fingerprint density at radius 3 is 2.00 bits per heavy atom. The van der Waals surface area contributed by atoms with Crippen LogP contribution in [0.1, 0.15) is 84.0 Å². The second-order valence-electron chi connectivity index (χ2n) is 9.55. The van der Waals surface area contributed by atoms with E-state index in [0.717, 1.165) is 19.3 Å². The number of hydrogen-bond donors (Lipinski definition) is 1. The van der Waals surface area contributed by atoms with Gasteiger partial charge in [0.25, 0.3) is 7.82 Å². The third-order valence-corrected chi connectivity index (χ3v) is 6.01. The lowest BCUT2D eigenvalue weighted by molar-refractivity contribution is -0.870. The van der Waals surface area contributed by atoms with Gasteiger partial charge in [-0.25, -0.2) is 0 Å². The van der Waals surface area contributed by atoms with Crippen molar-refractivity contribution in [2.45, 2.75) is 90.1 Å². The molecule has 0 rings (SSSR count). The first-order valence-corrected chi connectivity index (χ1v) is 13.9. The largest absolute Gasteiger partial charge is 0.756 e. The van der Waals surface area contributed by atoms with Gasteiger partial charge in [-0.15, -0.1) is 0 Å². The summed E-state index contributed by atoms with van der Waals surface area (Å²) >= 11 is 0. The Morgan fingerprint density at radius 1 is 0.844 bits per heavy atom. The molecule has 192 valence electrons. The summed E-state index contributed by atoms with van der Waals surface area (Å²) in [5.74, 6) is 0. The average molecular weight is 480 g/mol. The van der Waals surface area contributed by atoms with Crippen LogP contribution in [0.15, 0.2) is 12.2 Å². The molecule has 1 unspecified atom stereocenters. The highest BCUT2D eigenvalue weighted by molar-refractivity contribution is 7.45. The minimum atomic E-state index is -4.39. The molecule has 2 atom stereocenters. The number of ether oxygens (including phenoxy) is 1. The molecule has 8 heteroatoms. The number of rotatable bonds is 23. The first kappa shape index (κ1) is 31.7. The predicted octanol–water partition coefficient (Wildman–Crippen LogP) is 4.83. The molecule has 0 radical (unpaired) electrons. The maximum atomic E-state index is 11.7. The van der Waals surface area contributed by atoms with E-state index < -0.39 is 13.9 Å². The van der Waals surface area contributed by atoms with E-state index in [1.807, 2.05) is 21.1 Å². The molecule has 0 bridgehead atoms. The summed E-state index contributed by atoms with van der Waals surface area (Å²) in [7, 11) is 1.42. The van der Waals surface area contributed by atoms with Gasteiger partial charge in [-0.1, -0.05) is 70.4 Å². The highest BCUT2D eigenvalue weighted by Crippen LogP contribution is 2.38. The molecule has 0 aliphatic carbocycles. The van der Waals surface area contributed by atoms with Gasteiger partial charge in [0.2, 0.25) is 0 Å². The number of aliphatic hydroxyl groups excluding tert-OH is 1. The average Bonchev–Trinajstić information content (AvgIpc) is 2.71. The zero-order chi connectivity index (χ0) is 24.1. The summed E-state index contributed by atoms with van der Waals surface area (Å²) in [5, 5.41) is 9.80. The third-order valence-electron chi connectivity index (χ3n) is 5.05. The van der Waals surface area contributed by atoms with Crippen LogP contribution in [-0.2, 0) is 18.3 Å². The van der Waals surface area contributed by atoms with Crippen LogP contribution in [0.2, 0.25) is 0 Å². The second-order valence-corrected chi connectivity index (χ2v) is 11.0. The van der Waals surface area contributed by atoms with E-state index in [0.29, 0.717) is 17.6 Å². The maximum Gasteiger partial charge on any atom is 0.268 e. The van der Waals surface area contributed by atoms with Crippen LogP contribution in [0.4, 0.5) is 0 Å². The number of quaternary nitrogens is 1. The second kappa shape index (κ2) is 20.1. The molecule has 0 aliphatic heterocycles. The van der Waals surface area contributed by atoms with Crippen molar-refractivity contribution in [3.8, 4) is 0 Å². The number of aliphatic hydroxyl groups is 1. The minimum absolute atomic E-state index is 0.0427. The highest BCUT2D eigenvalue weighted by atomic mass is 31.2. The van der Waals surface area contributed by atoms with Crippen molar-refractivity contribution in [2.24, 2.45) is 0 Å². The van der Waals surface area contributed by atoms with Crippen molar-refractivity contribution in [2.75, 3.05) is 54.1 Å². The molecule has 0 aromatic carbocycles. The predicted molar refractivity (Wildman–Crippen MR) is 129 cm³/mol. The molecule has 0 saturated carbocycles. The van der Waals surface area contributed by atoms with Gasteiger partial charge in [0, 0.05) is 6.61 Å². The fourth-order valence-electron chi connectivity index (χ4n) is 3.02. The first-order chi connectivity index (χ1) is 15.2. The van der Waals surface area contributed by atoms with Crippen molar-refractivity contribution >= 4 is 7.82 Å². The molecule has 0 amide bonds. The van der Waals surface area contributed by atoms with Crippen molar-refractivity contribution in [1.82, 2.24) is 0 Å². The van der Waals surface area contributed by atoms with E-state index >= 15 is 0 Å². The number of phosphoric ester groups is 1. The third kappa shape index (κ3) is 24.4. The maximum absolute atomic E-state index is 11.7. The molecule has 0 aliphatic rings. The van der Waals surface area contributed by atoms with E-state index in [9.17, 15) is 14.6 Å². The Kier molecular flexibility index (Phi) is 20.0. The fourth-order valence-corrected chi connectivity index (χ4v) is 3.75. The van der Waals surface area contributed by atoms with Gasteiger partial charge in [0.05, 0.1) is 34.4 Å². The van der Waals surface area contributed by atoms with Crippen LogP contribution in [0.3, 0.4) is 0 Å². The van der Waals surface area contributed by atoms with Crippen LogP contribution in [0.25, 0.3) is 0 Å². The summed E-state index contributed by atoms with van der Waals surface area (Å²) in [6.45, 7) is 3.04. The van der Waals surface area contributed by atoms with Crippen LogP contribution in [0.5, 0.6) is 0 Å². The van der Waals surface area contributed by atoms with Gasteiger partial charge < -0.3 is 28.3 Å². The van der Waals surface area contributed by atoms with E-state index in [4.69, 9.17) is 13.8 Å². The Labute approximate surface area is 197 Å². The first-order valence-electron chi connectivity index (χ1n) is 12.5. The van der Waals surface area contributed by atoms with Gasteiger partial charge in [-0.2, -0.15) is 0 Å². The molecular formula is C24H50NO6P. The van der Waals surface area contributed by atoms with Crippen LogP contribution in [-0.4, -0.2) is 69.8 Å². The van der Waals surface area contributed by atoms with Gasteiger partial charge >= 0.3 is 0 Å². The smallest absolute Gasteiger partial charge is 0.268 e. The Bertz CT molecular complexity index is 495. The zero-order valence-electron chi connectivity index (χ0n) is 21.1. The number of likely N-dealkylation sites (N-methyl/N-ethyl adjacent to an activating group) is 1. The van der Waals surface area contributed by atoms with Crippen molar-refractivity contribution in [1.29, 1.82) is 0 Å². The lowest BCUT2D eigenvalue weighted by Crippen LogP contribution is -2.37. The monoisotopic (exact) mass is 479 g/mol. The Morgan fingerprint density at radius 2 is 1.41 bits per heavy atom. The number of hydrogen-bond acceptors (Lipinski definition) is 6. The van der Waals surface area contributed by atoms with E-state index in [-0.39, 0.29) is 19.8 Å². The lowest BCUT2D eigenvalue weighted by Gasteiger charge is -2.27. The fraction of sp³-hybridized carbons (Fsp3) is 0.917. The SMILES string of the molecule is CCCCCCCCCCC/C=C\CCCOC[C@H](O)COP(=O)([O-])OCC[N+](C)(C)C. The number of phosphoric acid groups is 1. The van der Waals surface area contributed by atoms with Crippen molar-refractivity contribution < 1.29 is 32.8 Å². The minimum Gasteiger partial charge on any atom is -0.756 e. The standard InChI is InChI=1S/C24H50NO6P/c1-5-6-7-8-9-10-11-12-13-14-15-16-17-18-20-29-22-24(26)23-31-32(27,28)30-21-19-25(2,3)4/h15-16,24,26H,5-14,17-23H2,1-4H3/b16-15-/t24-/m0/s1. The summed E-state index contributed by atoms with van der Waals surface area (Å²) in [6.07, 6.45) is 18.6. The molecule has 0 aromatic heterocycles. The summed E-state index contributed by atoms with van der Waals surface area (Å²) in [5.41, 5.74) is 0. The van der Waals surface area contributed by atoms with Gasteiger partial charge in [0.1, 0.15) is 19.3 Å². The van der Waals surface area contributed by atoms with Gasteiger partial charge in [-0.05, 0) is 25.7 Å². The van der Waals surface area contributed by atoms with E-state index in [1.165, 1.54) is 57.8 Å². The molecule has 0 fully saturated rings. The van der Waals surface area contributed by atoms with Crippen LogP contribution in [0, 0.1) is 0 Å². The quantitative estimate of drug-likeness (QED) is 0.0977. The normalized spacial score (nSPS) is 15.3. The highest BCUT2D eigenvalue weighted by Gasteiger charge is 2.15. The number of nitrogens with zero attached hydrogens (tertiary/aromatic N) is 1.